The van der Waals surface area contributed by atoms with E-state index >= 15 is 0 Å². The van der Waals surface area contributed by atoms with Crippen LogP contribution in [0.4, 0.5) is 0 Å². The van der Waals surface area contributed by atoms with Gasteiger partial charge in [0.05, 0.1) is 19.7 Å². The van der Waals surface area contributed by atoms with Crippen molar-refractivity contribution in [2.24, 2.45) is 0 Å². The number of benzene rings is 1. The Kier molecular flexibility index (Phi) is 3.68. The Morgan fingerprint density at radius 3 is 2.90 bits per heavy atom. The molecule has 21 heavy (non-hydrogen) atoms. The minimum atomic E-state index is 0.613. The maximum Gasteiger partial charge on any atom is 0.231 e. The van der Waals surface area contributed by atoms with Crippen molar-refractivity contribution in [1.29, 1.82) is 0 Å². The van der Waals surface area contributed by atoms with E-state index in [0.29, 0.717) is 24.6 Å². The molecule has 1 aromatic carbocycles. The summed E-state index contributed by atoms with van der Waals surface area (Å²) in [5.74, 6) is 2.13. The number of aromatic nitrogens is 4. The molecule has 0 fully saturated rings. The van der Waals surface area contributed by atoms with Crippen LogP contribution in [0.25, 0.3) is 0 Å². The van der Waals surface area contributed by atoms with Crippen LogP contribution in [0, 0.1) is 6.92 Å². The van der Waals surface area contributed by atoms with E-state index in [2.05, 4.69) is 20.3 Å². The molecule has 0 saturated heterocycles. The number of methoxy groups -OCH3 is 1. The first kappa shape index (κ1) is 13.4. The van der Waals surface area contributed by atoms with Crippen molar-refractivity contribution in [3.05, 3.63) is 59.0 Å². The van der Waals surface area contributed by atoms with Gasteiger partial charge in [-0.25, -0.2) is 0 Å². The van der Waals surface area contributed by atoms with Gasteiger partial charge in [-0.3, -0.25) is 5.10 Å². The van der Waals surface area contributed by atoms with Crippen molar-refractivity contribution in [3.63, 3.8) is 0 Å². The number of nitrogens with one attached hydrogen (secondary N) is 1. The zero-order valence-electron chi connectivity index (χ0n) is 12.0. The summed E-state index contributed by atoms with van der Waals surface area (Å²) in [6, 6.07) is 5.96. The molecule has 2 aromatic heterocycles. The normalized spacial score (nSPS) is 10.8. The topological polar surface area (TPSA) is 76.8 Å². The summed E-state index contributed by atoms with van der Waals surface area (Å²) in [6.07, 6.45) is 4.81. The first-order valence-corrected chi connectivity index (χ1v) is 6.67. The second-order valence-electron chi connectivity index (χ2n) is 4.86. The van der Waals surface area contributed by atoms with Crippen LogP contribution < -0.4 is 4.74 Å². The molecule has 1 N–H and O–H groups in total. The highest BCUT2D eigenvalue weighted by Crippen LogP contribution is 2.19. The molecule has 2 heterocycles. The quantitative estimate of drug-likeness (QED) is 0.778. The molecule has 0 saturated carbocycles. The molecule has 6 heteroatoms. The van der Waals surface area contributed by atoms with Crippen LogP contribution in [0.5, 0.6) is 5.75 Å². The monoisotopic (exact) mass is 284 g/mol. The molecule has 0 radical (unpaired) electrons. The smallest absolute Gasteiger partial charge is 0.231 e. The largest absolute Gasteiger partial charge is 0.497 e. The first-order valence-electron chi connectivity index (χ1n) is 6.67. The third-order valence-electron chi connectivity index (χ3n) is 3.32. The third kappa shape index (κ3) is 3.10. The molecular weight excluding hydrogens is 268 g/mol. The van der Waals surface area contributed by atoms with E-state index in [1.165, 1.54) is 0 Å². The average Bonchev–Trinajstić information content (AvgIpc) is 3.14. The van der Waals surface area contributed by atoms with Crippen molar-refractivity contribution in [2.75, 3.05) is 7.11 Å². The highest BCUT2D eigenvalue weighted by Gasteiger charge is 2.10. The molecule has 108 valence electrons. The summed E-state index contributed by atoms with van der Waals surface area (Å²) >= 11 is 0. The number of hydrogen-bond acceptors (Lipinski definition) is 5. The van der Waals surface area contributed by atoms with Crippen LogP contribution in [0.1, 0.15) is 28.4 Å². The van der Waals surface area contributed by atoms with Crippen molar-refractivity contribution in [3.8, 4) is 5.75 Å². The minimum Gasteiger partial charge on any atom is -0.497 e. The molecule has 3 rings (SSSR count). The van der Waals surface area contributed by atoms with Crippen molar-refractivity contribution >= 4 is 0 Å². The van der Waals surface area contributed by atoms with Gasteiger partial charge in [-0.05, 0) is 35.7 Å². The molecule has 3 aromatic rings. The summed E-state index contributed by atoms with van der Waals surface area (Å²) in [5.41, 5.74) is 3.32. The number of hydrogen-bond donors (Lipinski definition) is 1. The molecule has 0 aliphatic rings. The lowest BCUT2D eigenvalue weighted by molar-refractivity contribution is 0.380. The summed E-state index contributed by atoms with van der Waals surface area (Å²) < 4.78 is 10.5. The standard InChI is InChI=1S/C15H16N4O2/c1-10-5-13(20-2)4-3-12(10)7-15-18-14(19-21-15)6-11-8-16-17-9-11/h3-5,8-9H,6-7H2,1-2H3,(H,16,17). The molecule has 0 aliphatic carbocycles. The maximum absolute atomic E-state index is 5.31. The number of rotatable bonds is 5. The lowest BCUT2D eigenvalue weighted by Crippen LogP contribution is -1.94. The Hall–Kier alpha value is -2.63. The second-order valence-corrected chi connectivity index (χ2v) is 4.86. The second kappa shape index (κ2) is 5.78. The molecule has 0 amide bonds. The van der Waals surface area contributed by atoms with Crippen molar-refractivity contribution in [1.82, 2.24) is 20.3 Å². The van der Waals surface area contributed by atoms with E-state index in [4.69, 9.17) is 9.26 Å². The summed E-state index contributed by atoms with van der Waals surface area (Å²) in [7, 11) is 1.66. The third-order valence-corrected chi connectivity index (χ3v) is 3.32. The van der Waals surface area contributed by atoms with Gasteiger partial charge in [0.1, 0.15) is 5.75 Å². The Balaban J connectivity index is 1.72. The lowest BCUT2D eigenvalue weighted by Gasteiger charge is -2.05. The number of aromatic amines is 1. The van der Waals surface area contributed by atoms with E-state index in [0.717, 1.165) is 22.4 Å². The Morgan fingerprint density at radius 2 is 2.19 bits per heavy atom. The van der Waals surface area contributed by atoms with Gasteiger partial charge in [-0.15, -0.1) is 0 Å². The summed E-state index contributed by atoms with van der Waals surface area (Å²) in [5, 5.41) is 10.7. The minimum absolute atomic E-state index is 0.613. The van der Waals surface area contributed by atoms with Gasteiger partial charge >= 0.3 is 0 Å². The highest BCUT2D eigenvalue weighted by atomic mass is 16.5. The maximum atomic E-state index is 5.31. The van der Waals surface area contributed by atoms with E-state index < -0.39 is 0 Å². The van der Waals surface area contributed by atoms with Gasteiger partial charge in [0.2, 0.25) is 5.89 Å². The van der Waals surface area contributed by atoms with E-state index in [-0.39, 0.29) is 0 Å². The van der Waals surface area contributed by atoms with Gasteiger partial charge in [0.15, 0.2) is 5.82 Å². The zero-order chi connectivity index (χ0) is 14.7. The van der Waals surface area contributed by atoms with Gasteiger partial charge < -0.3 is 9.26 Å². The summed E-state index contributed by atoms with van der Waals surface area (Å²) in [4.78, 5) is 4.41. The molecular formula is C15H16N4O2. The van der Waals surface area contributed by atoms with E-state index in [1.54, 1.807) is 13.3 Å². The average molecular weight is 284 g/mol. The van der Waals surface area contributed by atoms with E-state index in [1.807, 2.05) is 31.3 Å². The van der Waals surface area contributed by atoms with Gasteiger partial charge in [0, 0.05) is 12.6 Å². The van der Waals surface area contributed by atoms with Crippen LogP contribution in [0.3, 0.4) is 0 Å². The predicted octanol–water partition coefficient (Wildman–Crippen LogP) is 2.29. The van der Waals surface area contributed by atoms with Crippen molar-refractivity contribution < 1.29 is 9.26 Å². The van der Waals surface area contributed by atoms with Crippen LogP contribution >= 0.6 is 0 Å². The number of H-pyrrole nitrogens is 1. The fourth-order valence-corrected chi connectivity index (χ4v) is 2.15. The van der Waals surface area contributed by atoms with Gasteiger partial charge in [-0.2, -0.15) is 10.1 Å². The first-order chi connectivity index (χ1) is 10.2. The van der Waals surface area contributed by atoms with Crippen LogP contribution in [0.15, 0.2) is 35.1 Å². The van der Waals surface area contributed by atoms with Gasteiger partial charge in [0.25, 0.3) is 0 Å². The molecule has 6 nitrogen and oxygen atoms in total. The molecule has 0 bridgehead atoms. The van der Waals surface area contributed by atoms with Crippen LogP contribution in [-0.2, 0) is 12.8 Å². The van der Waals surface area contributed by atoms with Gasteiger partial charge in [-0.1, -0.05) is 11.2 Å². The Labute approximate surface area is 122 Å². The molecule has 0 atom stereocenters. The molecule has 0 unspecified atom stereocenters. The Bertz CT molecular complexity index is 719. The molecule has 0 spiro atoms. The summed E-state index contributed by atoms with van der Waals surface area (Å²) in [6.45, 7) is 2.04. The number of ether oxygens (including phenoxy) is 1. The van der Waals surface area contributed by atoms with Crippen LogP contribution in [-0.4, -0.2) is 27.4 Å². The van der Waals surface area contributed by atoms with Crippen molar-refractivity contribution in [2.45, 2.75) is 19.8 Å². The van der Waals surface area contributed by atoms with E-state index in [9.17, 15) is 0 Å². The highest BCUT2D eigenvalue weighted by molar-refractivity contribution is 5.36. The fraction of sp³-hybridized carbons (Fsp3) is 0.267. The fourth-order valence-electron chi connectivity index (χ4n) is 2.15. The SMILES string of the molecule is COc1ccc(Cc2nc(Cc3cn[nH]c3)no2)c(C)c1. The lowest BCUT2D eigenvalue weighted by atomic mass is 10.1. The number of nitrogens with zero attached hydrogens (tertiary/aromatic N) is 3. The predicted molar refractivity (Wildman–Crippen MR) is 76.2 cm³/mol. The number of aryl methyl sites for hydroxylation is 1. The Morgan fingerprint density at radius 1 is 1.29 bits per heavy atom. The molecule has 0 aliphatic heterocycles. The zero-order valence-corrected chi connectivity index (χ0v) is 12.0. The van der Waals surface area contributed by atoms with Crippen LogP contribution in [0.2, 0.25) is 0 Å².